The Labute approximate surface area is 259 Å². The van der Waals surface area contributed by atoms with Crippen LogP contribution < -0.4 is 20.3 Å². The second-order valence-corrected chi connectivity index (χ2v) is 12.0. The number of nitrogens with zero attached hydrogens (tertiary/aromatic N) is 4. The molecule has 9 nitrogen and oxygen atoms in total. The zero-order chi connectivity index (χ0) is 31.3. The number of pyridine rings is 1. The molecule has 1 amide bonds. The molecule has 0 radical (unpaired) electrons. The summed E-state index contributed by atoms with van der Waals surface area (Å²) in [5.74, 6) is -0.136. The van der Waals surface area contributed by atoms with Gasteiger partial charge in [0.1, 0.15) is 23.7 Å². The molecule has 1 N–H and O–H groups in total. The molecule has 1 aliphatic heterocycles. The quantitative estimate of drug-likeness (QED) is 0.225. The van der Waals surface area contributed by atoms with Crippen LogP contribution in [-0.4, -0.2) is 50.4 Å². The Morgan fingerprint density at radius 1 is 1.02 bits per heavy atom. The van der Waals surface area contributed by atoms with Gasteiger partial charge in [0.05, 0.1) is 16.9 Å². The number of halogens is 1. The first-order valence-corrected chi connectivity index (χ1v) is 15.1. The normalized spacial score (nSPS) is 17.1. The molecule has 1 aliphatic carbocycles. The van der Waals surface area contributed by atoms with Crippen LogP contribution in [0.15, 0.2) is 83.8 Å². The van der Waals surface area contributed by atoms with Gasteiger partial charge in [-0.2, -0.15) is 0 Å². The lowest BCUT2D eigenvalue weighted by Gasteiger charge is -2.25. The van der Waals surface area contributed by atoms with E-state index in [1.54, 1.807) is 43.0 Å². The Bertz CT molecular complexity index is 1980. The maximum absolute atomic E-state index is 15.3. The minimum absolute atomic E-state index is 0.0126. The SMILES string of the molecule is Cc1c(C(=O)Nc2ccc(Oc3ccnc4cc(OC[C@@H]5CCC6(CC6)N5C)ccc34)c(F)c2)c(=O)n(-c2ccccc2)n1C. The van der Waals surface area contributed by atoms with E-state index in [0.29, 0.717) is 46.2 Å². The summed E-state index contributed by atoms with van der Waals surface area (Å²) in [6.07, 6.45) is 6.56. The van der Waals surface area contributed by atoms with E-state index >= 15 is 4.39 Å². The predicted octanol–water partition coefficient (Wildman–Crippen LogP) is 6.22. The molecule has 0 unspecified atom stereocenters. The van der Waals surface area contributed by atoms with Crippen molar-refractivity contribution in [2.45, 2.75) is 44.2 Å². The van der Waals surface area contributed by atoms with Gasteiger partial charge in [-0.3, -0.25) is 24.2 Å². The highest BCUT2D eigenvalue weighted by Gasteiger charge is 2.52. The number of aromatic nitrogens is 3. The van der Waals surface area contributed by atoms with Gasteiger partial charge in [-0.25, -0.2) is 9.07 Å². The van der Waals surface area contributed by atoms with E-state index < -0.39 is 17.3 Å². The van der Waals surface area contributed by atoms with E-state index in [-0.39, 0.29) is 17.0 Å². The Kier molecular flexibility index (Phi) is 7.16. The maximum Gasteiger partial charge on any atom is 0.284 e. The summed E-state index contributed by atoms with van der Waals surface area (Å²) in [6, 6.07) is 20.9. The Morgan fingerprint density at radius 3 is 2.56 bits per heavy atom. The molecular formula is C35H34FN5O4. The van der Waals surface area contributed by atoms with Gasteiger partial charge in [0.2, 0.25) is 0 Å². The summed E-state index contributed by atoms with van der Waals surface area (Å²) in [5, 5.41) is 3.37. The third kappa shape index (κ3) is 5.25. The molecule has 2 aliphatic rings. The molecule has 1 saturated carbocycles. The molecule has 7 rings (SSSR count). The zero-order valence-electron chi connectivity index (χ0n) is 25.4. The van der Waals surface area contributed by atoms with Crippen LogP contribution in [0, 0.1) is 12.7 Å². The predicted molar refractivity (Wildman–Crippen MR) is 170 cm³/mol. The molecule has 10 heteroatoms. The number of rotatable bonds is 8. The third-order valence-electron chi connectivity index (χ3n) is 9.37. The number of anilines is 1. The van der Waals surface area contributed by atoms with Crippen LogP contribution in [-0.2, 0) is 7.05 Å². The fraction of sp³-hybridized carbons (Fsp3) is 0.286. The van der Waals surface area contributed by atoms with Crippen molar-refractivity contribution in [1.82, 2.24) is 19.2 Å². The van der Waals surface area contributed by atoms with Crippen LogP contribution in [0.4, 0.5) is 10.1 Å². The van der Waals surface area contributed by atoms with Crippen LogP contribution in [0.5, 0.6) is 17.2 Å². The number of carbonyl (C=O) groups is 1. The number of amides is 1. The molecule has 0 bridgehead atoms. The van der Waals surface area contributed by atoms with Crippen molar-refractivity contribution in [2.24, 2.45) is 7.05 Å². The summed E-state index contributed by atoms with van der Waals surface area (Å²) >= 11 is 0. The standard InChI is InChI=1S/C35H34FN5O4/c1-22-32(34(43)41(40(22)3)24-7-5-4-6-8-24)33(42)38-23-9-12-31(28(36)19-23)45-30-14-18-37-29-20-26(10-11-27(29)30)44-21-25-13-15-35(16-17-35)39(25)2/h4-12,14,18-20,25H,13,15-17,21H2,1-3H3,(H,38,42)/t25-/m0/s1. The fourth-order valence-electron chi connectivity index (χ4n) is 6.41. The van der Waals surface area contributed by atoms with E-state index in [1.807, 2.05) is 36.4 Å². The van der Waals surface area contributed by atoms with Gasteiger partial charge >= 0.3 is 0 Å². The van der Waals surface area contributed by atoms with Crippen molar-refractivity contribution in [3.63, 3.8) is 0 Å². The van der Waals surface area contributed by atoms with E-state index in [0.717, 1.165) is 12.2 Å². The van der Waals surface area contributed by atoms with Gasteiger partial charge in [0, 0.05) is 48.0 Å². The van der Waals surface area contributed by atoms with Crippen molar-refractivity contribution >= 4 is 22.5 Å². The van der Waals surface area contributed by atoms with Gasteiger partial charge in [0.25, 0.3) is 11.5 Å². The second kappa shape index (κ2) is 11.2. The highest BCUT2D eigenvalue weighted by Crippen LogP contribution is 2.50. The molecule has 5 aromatic rings. The maximum atomic E-state index is 15.3. The highest BCUT2D eigenvalue weighted by atomic mass is 19.1. The molecule has 1 spiro atoms. The van der Waals surface area contributed by atoms with Gasteiger partial charge in [0.15, 0.2) is 11.6 Å². The molecular weight excluding hydrogens is 573 g/mol. The molecule has 3 aromatic carbocycles. The highest BCUT2D eigenvalue weighted by molar-refractivity contribution is 6.05. The summed E-state index contributed by atoms with van der Waals surface area (Å²) < 4.78 is 30.4. The smallest absolute Gasteiger partial charge is 0.284 e. The lowest BCUT2D eigenvalue weighted by Crippen LogP contribution is -2.37. The lowest BCUT2D eigenvalue weighted by molar-refractivity contribution is 0.102. The number of hydrogen-bond donors (Lipinski definition) is 1. The first-order valence-electron chi connectivity index (χ1n) is 15.1. The molecule has 1 atom stereocenters. The van der Waals surface area contributed by atoms with Crippen molar-refractivity contribution in [1.29, 1.82) is 0 Å². The van der Waals surface area contributed by atoms with E-state index in [1.165, 1.54) is 42.1 Å². The number of likely N-dealkylation sites (N-methyl/N-ethyl adjacent to an activating group) is 1. The van der Waals surface area contributed by atoms with Crippen molar-refractivity contribution in [2.75, 3.05) is 19.0 Å². The number of likely N-dealkylation sites (tertiary alicyclic amines) is 1. The zero-order valence-corrected chi connectivity index (χ0v) is 25.4. The van der Waals surface area contributed by atoms with E-state index in [4.69, 9.17) is 9.47 Å². The number of carbonyl (C=O) groups excluding carboxylic acids is 1. The first kappa shape index (κ1) is 28.8. The van der Waals surface area contributed by atoms with Gasteiger partial charge in [-0.1, -0.05) is 18.2 Å². The molecule has 2 aromatic heterocycles. The van der Waals surface area contributed by atoms with Crippen LogP contribution >= 0.6 is 0 Å². The molecule has 2 fully saturated rings. The van der Waals surface area contributed by atoms with E-state index in [2.05, 4.69) is 22.2 Å². The summed E-state index contributed by atoms with van der Waals surface area (Å²) in [7, 11) is 3.91. The minimum atomic E-state index is -0.668. The summed E-state index contributed by atoms with van der Waals surface area (Å²) in [5.41, 5.74) is 1.92. The van der Waals surface area contributed by atoms with Crippen molar-refractivity contribution < 1.29 is 18.7 Å². The number of fused-ring (bicyclic) bond motifs is 1. The first-order chi connectivity index (χ1) is 21.7. The average Bonchev–Trinajstić information content (AvgIpc) is 3.71. The Balaban J connectivity index is 1.05. The van der Waals surface area contributed by atoms with Crippen molar-refractivity contribution in [3.05, 3.63) is 106 Å². The second-order valence-electron chi connectivity index (χ2n) is 12.0. The number of benzene rings is 3. The van der Waals surface area contributed by atoms with Crippen LogP contribution in [0.2, 0.25) is 0 Å². The Morgan fingerprint density at radius 2 is 1.82 bits per heavy atom. The largest absolute Gasteiger partial charge is 0.492 e. The number of ether oxygens (including phenoxy) is 2. The lowest BCUT2D eigenvalue weighted by atomic mass is 10.2. The average molecular weight is 608 g/mol. The number of nitrogens with one attached hydrogen (secondary N) is 1. The van der Waals surface area contributed by atoms with Gasteiger partial charge < -0.3 is 14.8 Å². The minimum Gasteiger partial charge on any atom is -0.492 e. The monoisotopic (exact) mass is 607 g/mol. The molecule has 45 heavy (non-hydrogen) atoms. The van der Waals surface area contributed by atoms with Crippen molar-refractivity contribution in [3.8, 4) is 22.9 Å². The van der Waals surface area contributed by atoms with Gasteiger partial charge in [-0.15, -0.1) is 0 Å². The number of hydrogen-bond acceptors (Lipinski definition) is 6. The topological polar surface area (TPSA) is 90.6 Å². The summed E-state index contributed by atoms with van der Waals surface area (Å²) in [6.45, 7) is 2.32. The van der Waals surface area contributed by atoms with Crippen LogP contribution in [0.25, 0.3) is 16.6 Å². The van der Waals surface area contributed by atoms with E-state index in [9.17, 15) is 9.59 Å². The number of para-hydroxylation sites is 1. The fourth-order valence-corrected chi connectivity index (χ4v) is 6.41. The Hall–Kier alpha value is -4.96. The van der Waals surface area contributed by atoms with Crippen LogP contribution in [0.3, 0.4) is 0 Å². The molecule has 1 saturated heterocycles. The summed E-state index contributed by atoms with van der Waals surface area (Å²) in [4.78, 5) is 33.3. The molecule has 230 valence electrons. The molecule has 3 heterocycles. The van der Waals surface area contributed by atoms with Gasteiger partial charge in [-0.05, 0) is 82.1 Å². The third-order valence-corrected chi connectivity index (χ3v) is 9.37. The van der Waals surface area contributed by atoms with Crippen LogP contribution in [0.1, 0.15) is 41.7 Å².